The van der Waals surface area contributed by atoms with Crippen molar-refractivity contribution in [2.24, 2.45) is 46.3 Å². The number of hydrogen-bond donors (Lipinski definition) is 11. The minimum absolute atomic E-state index is 0.0206. The lowest BCUT2D eigenvalue weighted by Crippen LogP contribution is -2.65. The van der Waals surface area contributed by atoms with Gasteiger partial charge in [0.1, 0.15) is 73.2 Å². The molecule has 0 aromatic rings. The minimum atomic E-state index is -1.75. The fraction of sp³-hybridized carbons (Fsp3) is 0.957. The van der Waals surface area contributed by atoms with Crippen molar-refractivity contribution in [2.75, 3.05) is 33.5 Å². The highest BCUT2D eigenvalue weighted by Gasteiger charge is 2.68. The lowest BCUT2D eigenvalue weighted by atomic mass is 9.47. The molecule has 0 aromatic heterocycles. The number of methoxy groups -OCH3 is 1. The monoisotopic (exact) mass is 932 g/mol. The largest absolute Gasteiger partial charge is 0.394 e. The molecule has 3 saturated carbocycles. The molecular weight excluding hydrogens is 856 g/mol. The van der Waals surface area contributed by atoms with Gasteiger partial charge in [-0.15, -0.1) is 0 Å². The predicted octanol–water partition coefficient (Wildman–Crippen LogP) is -1.20. The topological polar surface area (TPSA) is 296 Å². The third-order valence-electron chi connectivity index (χ3n) is 17.7. The minimum Gasteiger partial charge on any atom is -0.394 e. The van der Waals surface area contributed by atoms with Gasteiger partial charge in [0.2, 0.25) is 0 Å². The Labute approximate surface area is 380 Å². The molecule has 26 atom stereocenters. The summed E-state index contributed by atoms with van der Waals surface area (Å²) in [7, 11) is 1.72. The summed E-state index contributed by atoms with van der Waals surface area (Å²) in [4.78, 5) is 0. The van der Waals surface area contributed by atoms with Gasteiger partial charge in [-0.25, -0.2) is 0 Å². The van der Waals surface area contributed by atoms with E-state index in [4.69, 9.17) is 37.9 Å². The first-order chi connectivity index (χ1) is 30.9. The molecule has 374 valence electrons. The maximum absolute atomic E-state index is 11.2. The summed E-state index contributed by atoms with van der Waals surface area (Å²) in [5, 5.41) is 113. The van der Waals surface area contributed by atoms with Gasteiger partial charge in [-0.3, -0.25) is 0 Å². The van der Waals surface area contributed by atoms with E-state index in [1.165, 1.54) is 5.57 Å². The summed E-state index contributed by atoms with van der Waals surface area (Å²) in [5.41, 5.74) is 1.29. The predicted molar refractivity (Wildman–Crippen MR) is 224 cm³/mol. The Hall–Kier alpha value is -1.02. The Bertz CT molecular complexity index is 1640. The molecule has 8 aliphatic rings. The van der Waals surface area contributed by atoms with Crippen LogP contribution in [0.4, 0.5) is 0 Å². The van der Waals surface area contributed by atoms with Gasteiger partial charge in [0.05, 0.1) is 38.6 Å². The van der Waals surface area contributed by atoms with Gasteiger partial charge in [0.25, 0.3) is 0 Å². The molecule has 4 aliphatic heterocycles. The number of hydrogen-bond acceptors (Lipinski definition) is 19. The van der Waals surface area contributed by atoms with Crippen molar-refractivity contribution >= 4 is 0 Å². The lowest BCUT2D eigenvalue weighted by molar-refractivity contribution is -0.372. The third kappa shape index (κ3) is 8.82. The second kappa shape index (κ2) is 19.6. The number of rotatable bonds is 14. The highest BCUT2D eigenvalue weighted by molar-refractivity contribution is 5.26. The van der Waals surface area contributed by atoms with Gasteiger partial charge < -0.3 is 94.1 Å². The Morgan fingerprint density at radius 3 is 1.95 bits per heavy atom. The van der Waals surface area contributed by atoms with Gasteiger partial charge in [-0.1, -0.05) is 39.3 Å². The molecule has 0 amide bonds. The first-order valence-corrected chi connectivity index (χ1v) is 23.9. The van der Waals surface area contributed by atoms with E-state index < -0.39 is 118 Å². The number of fused-ring (bicyclic) bond motifs is 7. The van der Waals surface area contributed by atoms with Crippen molar-refractivity contribution in [3.8, 4) is 0 Å². The highest BCUT2D eigenvalue weighted by Crippen LogP contribution is 2.70. The Kier molecular flexibility index (Phi) is 15.2. The van der Waals surface area contributed by atoms with E-state index in [0.29, 0.717) is 49.4 Å². The molecule has 65 heavy (non-hydrogen) atoms. The van der Waals surface area contributed by atoms with Crippen LogP contribution in [0.2, 0.25) is 0 Å². The van der Waals surface area contributed by atoms with E-state index in [-0.39, 0.29) is 41.5 Å². The summed E-state index contributed by atoms with van der Waals surface area (Å²) in [6, 6.07) is 0. The molecule has 0 bridgehead atoms. The summed E-state index contributed by atoms with van der Waals surface area (Å²) < 4.78 is 48.7. The molecule has 4 saturated heterocycles. The summed E-state index contributed by atoms with van der Waals surface area (Å²) in [6.07, 6.45) is -12.1. The number of aliphatic hydroxyl groups excluding tert-OH is 11. The first kappa shape index (κ1) is 50.4. The fourth-order valence-corrected chi connectivity index (χ4v) is 13.9. The van der Waals surface area contributed by atoms with Gasteiger partial charge in [0, 0.05) is 19.4 Å². The van der Waals surface area contributed by atoms with Crippen LogP contribution in [0.15, 0.2) is 11.6 Å². The number of ether oxygens (including phenoxy) is 8. The molecule has 19 heteroatoms. The van der Waals surface area contributed by atoms with Crippen LogP contribution in [0.5, 0.6) is 0 Å². The van der Waals surface area contributed by atoms with Crippen LogP contribution in [0.25, 0.3) is 0 Å². The van der Waals surface area contributed by atoms with Crippen molar-refractivity contribution in [3.05, 3.63) is 11.6 Å². The maximum atomic E-state index is 11.2. The third-order valence-corrected chi connectivity index (χ3v) is 17.7. The smallest absolute Gasteiger partial charge is 0.187 e. The highest BCUT2D eigenvalue weighted by atomic mass is 16.8. The fourth-order valence-electron chi connectivity index (χ4n) is 13.9. The van der Waals surface area contributed by atoms with Crippen molar-refractivity contribution in [1.82, 2.24) is 0 Å². The Morgan fingerprint density at radius 1 is 0.723 bits per heavy atom. The second-order valence-corrected chi connectivity index (χ2v) is 21.2. The Morgan fingerprint density at radius 2 is 1.32 bits per heavy atom. The van der Waals surface area contributed by atoms with Gasteiger partial charge >= 0.3 is 0 Å². The van der Waals surface area contributed by atoms with Crippen LogP contribution in [-0.2, 0) is 37.9 Å². The van der Waals surface area contributed by atoms with E-state index in [1.54, 1.807) is 7.11 Å². The van der Waals surface area contributed by atoms with Gasteiger partial charge in [0.15, 0.2) is 24.7 Å². The average Bonchev–Trinajstić information content (AvgIpc) is 3.76. The van der Waals surface area contributed by atoms with Crippen LogP contribution in [0, 0.1) is 46.3 Å². The quantitative estimate of drug-likeness (QED) is 0.0912. The Balaban J connectivity index is 0.897. The van der Waals surface area contributed by atoms with Crippen LogP contribution in [0.1, 0.15) is 85.5 Å². The SMILES string of the molecule is CO[C@]1(CC[C@H](C)CO[C@@H]2O[C@H](CO)[C@@H](O)[C@H](O)[C@H]2O)O[C@H]2C[C@H]3[C@@H]4CC=C5C[C@@H](O[C@@H]6O[C@H](CO)[C@@H](O)[C@H](O)[C@H]6O[C@@H]6O[C@H](CO)[C@@H](O)[C@H](O)[C@H]6O)CC[C@]5(C)[C@H]4CC[C@]3(C)[C@H]2[C@@H]1C. The summed E-state index contributed by atoms with van der Waals surface area (Å²) in [6.45, 7) is 7.56. The second-order valence-electron chi connectivity index (χ2n) is 21.2. The average molecular weight is 933 g/mol. The molecule has 0 unspecified atom stereocenters. The van der Waals surface area contributed by atoms with Crippen molar-refractivity contribution in [2.45, 2.75) is 196 Å². The van der Waals surface area contributed by atoms with Crippen LogP contribution < -0.4 is 0 Å². The molecule has 0 aromatic carbocycles. The van der Waals surface area contributed by atoms with Crippen molar-refractivity contribution in [3.63, 3.8) is 0 Å². The van der Waals surface area contributed by atoms with E-state index >= 15 is 0 Å². The maximum Gasteiger partial charge on any atom is 0.187 e. The zero-order chi connectivity index (χ0) is 46.9. The molecule has 19 nitrogen and oxygen atoms in total. The van der Waals surface area contributed by atoms with E-state index in [0.717, 1.165) is 32.1 Å². The molecule has 0 spiro atoms. The molecule has 4 aliphatic carbocycles. The van der Waals surface area contributed by atoms with Crippen molar-refractivity contribution in [1.29, 1.82) is 0 Å². The van der Waals surface area contributed by atoms with E-state index in [1.807, 2.05) is 6.92 Å². The van der Waals surface area contributed by atoms with Gasteiger partial charge in [-0.2, -0.15) is 0 Å². The molecule has 8 rings (SSSR count). The molecule has 0 radical (unpaired) electrons. The number of aliphatic hydroxyl groups is 11. The first-order valence-electron chi connectivity index (χ1n) is 23.9. The zero-order valence-corrected chi connectivity index (χ0v) is 38.2. The number of allylic oxidation sites excluding steroid dienone is 1. The van der Waals surface area contributed by atoms with Crippen molar-refractivity contribution < 1.29 is 94.1 Å². The van der Waals surface area contributed by atoms with Gasteiger partial charge in [-0.05, 0) is 91.8 Å². The van der Waals surface area contributed by atoms with E-state index in [2.05, 4.69) is 26.8 Å². The molecular formula is C46H76O19. The summed E-state index contributed by atoms with van der Waals surface area (Å²) >= 11 is 0. The molecule has 4 heterocycles. The van der Waals surface area contributed by atoms with Crippen LogP contribution in [-0.4, -0.2) is 200 Å². The normalized spacial score (nSPS) is 53.7. The zero-order valence-electron chi connectivity index (χ0n) is 38.2. The summed E-state index contributed by atoms with van der Waals surface area (Å²) in [5.74, 6) is 1.07. The van der Waals surface area contributed by atoms with Crippen LogP contribution >= 0.6 is 0 Å². The standard InChI is InChI=1S/C46H76O19/c1-20(19-59-41-38(56)35(53)32(50)28(16-47)61-41)8-13-46(58-5)21(2)31-27(65-46)15-26-24-7-6-22-14-23(9-11-44(22,3)25(24)10-12-45(26,31)4)60-43-40(37(55)34(52)30(18-49)63-43)64-42-39(57)36(54)33(51)29(17-48)62-42/h6,20-21,23-43,47-57H,7-19H2,1-5H3/t20-,21-,23-,24+,25-,26-,27-,28+,29+,30+,31-,32+,33+,34+,35-,36-,37-,38+,39+,40+,41+,42-,43+,44-,45-,46+/m0/s1. The lowest BCUT2D eigenvalue weighted by Gasteiger charge is -2.58. The van der Waals surface area contributed by atoms with E-state index in [9.17, 15) is 56.2 Å². The molecule has 7 fully saturated rings. The van der Waals surface area contributed by atoms with Crippen LogP contribution in [0.3, 0.4) is 0 Å². The molecule has 11 N–H and O–H groups in total.